The van der Waals surface area contributed by atoms with Crippen LogP contribution >= 0.6 is 0 Å². The van der Waals surface area contributed by atoms with Crippen molar-refractivity contribution in [1.29, 1.82) is 0 Å². The molecule has 2 aromatic carbocycles. The number of likely N-dealkylation sites (tertiary alicyclic amines) is 1. The number of benzene rings is 2. The molecule has 3 atom stereocenters. The number of carbonyl (C=O) groups excluding carboxylic acids is 3. The molecular formula is C31H43N3O4. The quantitative estimate of drug-likeness (QED) is 0.278. The summed E-state index contributed by atoms with van der Waals surface area (Å²) in [5.41, 5.74) is 6.24. The first kappa shape index (κ1) is 29.4. The number of rotatable bonds is 11. The second-order valence-corrected chi connectivity index (χ2v) is 11.0. The first-order chi connectivity index (χ1) is 18.2. The Labute approximate surface area is 227 Å². The van der Waals surface area contributed by atoms with Gasteiger partial charge in [-0.25, -0.2) is 5.48 Å². The van der Waals surface area contributed by atoms with Crippen molar-refractivity contribution in [2.24, 2.45) is 17.8 Å². The fraction of sp³-hybridized carbons (Fsp3) is 0.516. The molecule has 3 amide bonds. The minimum atomic E-state index is -0.645. The molecule has 206 valence electrons. The zero-order valence-corrected chi connectivity index (χ0v) is 23.2. The number of carbonyl (C=O) groups is 3. The van der Waals surface area contributed by atoms with E-state index in [9.17, 15) is 19.6 Å². The van der Waals surface area contributed by atoms with Gasteiger partial charge in [-0.15, -0.1) is 0 Å². The van der Waals surface area contributed by atoms with Gasteiger partial charge in [-0.05, 0) is 67.7 Å². The first-order valence-electron chi connectivity index (χ1n) is 13.9. The largest absolute Gasteiger partial charge is 0.344 e. The van der Waals surface area contributed by atoms with E-state index >= 15 is 0 Å². The molecule has 3 rings (SSSR count). The van der Waals surface area contributed by atoms with Crippen molar-refractivity contribution in [3.8, 4) is 11.1 Å². The molecular weight excluding hydrogens is 478 g/mol. The Morgan fingerprint density at radius 1 is 1.03 bits per heavy atom. The van der Waals surface area contributed by atoms with Crippen molar-refractivity contribution < 1.29 is 19.6 Å². The van der Waals surface area contributed by atoms with E-state index in [4.69, 9.17) is 0 Å². The maximum atomic E-state index is 13.6. The highest BCUT2D eigenvalue weighted by molar-refractivity contribution is 5.91. The van der Waals surface area contributed by atoms with Gasteiger partial charge in [0.05, 0.1) is 5.92 Å². The summed E-state index contributed by atoms with van der Waals surface area (Å²) in [5, 5.41) is 12.3. The summed E-state index contributed by atoms with van der Waals surface area (Å²) in [5.74, 6) is -2.00. The summed E-state index contributed by atoms with van der Waals surface area (Å²) < 4.78 is 0. The van der Waals surface area contributed by atoms with Crippen LogP contribution in [0.4, 0.5) is 0 Å². The van der Waals surface area contributed by atoms with E-state index in [1.807, 2.05) is 43.9 Å². The predicted molar refractivity (Wildman–Crippen MR) is 149 cm³/mol. The number of hydroxylamine groups is 1. The minimum absolute atomic E-state index is 0.0845. The van der Waals surface area contributed by atoms with Gasteiger partial charge in [0, 0.05) is 19.0 Å². The molecule has 1 fully saturated rings. The summed E-state index contributed by atoms with van der Waals surface area (Å²) in [6, 6.07) is 16.0. The average Bonchev–Trinajstić information content (AvgIpc) is 3.06. The van der Waals surface area contributed by atoms with Crippen LogP contribution in [0.3, 0.4) is 0 Å². The standard InChI is InChI=1S/C31H43N3O4/c1-5-10-26(30(36)33-38)27(17-21(2)3)29(35)32-28-15-6-7-16-34(31(28)37)20-23-12-9-14-25(19-23)24-13-8-11-22(4)18-24/h8-9,11-14,18-19,21,26-28,38H,5-7,10,15-17,20H2,1-4H3,(H,32,35)(H,33,36)/t26-,27?,28-/m0/s1. The van der Waals surface area contributed by atoms with Gasteiger partial charge in [0.2, 0.25) is 17.7 Å². The molecule has 1 unspecified atom stereocenters. The van der Waals surface area contributed by atoms with E-state index in [0.717, 1.165) is 29.5 Å². The van der Waals surface area contributed by atoms with Gasteiger partial charge >= 0.3 is 0 Å². The van der Waals surface area contributed by atoms with Gasteiger partial charge in [0.15, 0.2) is 0 Å². The van der Waals surface area contributed by atoms with Gasteiger partial charge in [-0.3, -0.25) is 19.6 Å². The molecule has 7 heteroatoms. The predicted octanol–water partition coefficient (Wildman–Crippen LogP) is 5.24. The third-order valence-electron chi connectivity index (χ3n) is 7.34. The number of hydrogen-bond donors (Lipinski definition) is 3. The fourth-order valence-corrected chi connectivity index (χ4v) is 5.44. The number of nitrogens with one attached hydrogen (secondary N) is 2. The Morgan fingerprint density at radius 2 is 1.74 bits per heavy atom. The Hall–Kier alpha value is -3.19. The van der Waals surface area contributed by atoms with Crippen molar-refractivity contribution in [1.82, 2.24) is 15.7 Å². The molecule has 1 aliphatic rings. The molecule has 0 bridgehead atoms. The van der Waals surface area contributed by atoms with Gasteiger partial charge in [0.25, 0.3) is 0 Å². The SMILES string of the molecule is CCC[C@H](C(=O)NO)C(CC(C)C)C(=O)N[C@H]1CCCCN(Cc2cccc(-c3cccc(C)c3)c2)C1=O. The lowest BCUT2D eigenvalue weighted by Gasteiger charge is -2.29. The number of nitrogens with zero attached hydrogens (tertiary/aromatic N) is 1. The third kappa shape index (κ3) is 7.90. The van der Waals surface area contributed by atoms with Crippen LogP contribution in [0.15, 0.2) is 48.5 Å². The van der Waals surface area contributed by atoms with Crippen LogP contribution in [0.1, 0.15) is 70.4 Å². The number of aryl methyl sites for hydroxylation is 1. The monoisotopic (exact) mass is 521 g/mol. The second-order valence-electron chi connectivity index (χ2n) is 11.0. The Morgan fingerprint density at radius 3 is 2.39 bits per heavy atom. The van der Waals surface area contributed by atoms with Crippen molar-refractivity contribution in [3.63, 3.8) is 0 Å². The zero-order chi connectivity index (χ0) is 27.7. The van der Waals surface area contributed by atoms with E-state index in [1.54, 1.807) is 5.48 Å². The Kier molecular flexibility index (Phi) is 10.9. The van der Waals surface area contributed by atoms with E-state index in [1.165, 1.54) is 5.56 Å². The molecule has 1 saturated heterocycles. The highest BCUT2D eigenvalue weighted by Crippen LogP contribution is 2.27. The van der Waals surface area contributed by atoms with Crippen molar-refractivity contribution >= 4 is 17.7 Å². The topological polar surface area (TPSA) is 98.7 Å². The maximum absolute atomic E-state index is 13.6. The van der Waals surface area contributed by atoms with E-state index in [-0.39, 0.29) is 17.7 Å². The van der Waals surface area contributed by atoms with Crippen LogP contribution in [0.5, 0.6) is 0 Å². The van der Waals surface area contributed by atoms with Crippen LogP contribution in [0, 0.1) is 24.7 Å². The lowest BCUT2D eigenvalue weighted by molar-refractivity contribution is -0.143. The molecule has 3 N–H and O–H groups in total. The molecule has 0 aliphatic carbocycles. The van der Waals surface area contributed by atoms with Crippen molar-refractivity contribution in [3.05, 3.63) is 59.7 Å². The van der Waals surface area contributed by atoms with Crippen LogP contribution in [-0.2, 0) is 20.9 Å². The molecule has 38 heavy (non-hydrogen) atoms. The molecule has 0 aromatic heterocycles. The highest BCUT2D eigenvalue weighted by Gasteiger charge is 2.36. The van der Waals surface area contributed by atoms with Crippen LogP contribution in [0.25, 0.3) is 11.1 Å². The first-order valence-corrected chi connectivity index (χ1v) is 13.9. The van der Waals surface area contributed by atoms with Crippen LogP contribution in [0.2, 0.25) is 0 Å². The van der Waals surface area contributed by atoms with Gasteiger partial charge in [0.1, 0.15) is 6.04 Å². The third-order valence-corrected chi connectivity index (χ3v) is 7.34. The summed E-state index contributed by atoms with van der Waals surface area (Å²) in [7, 11) is 0. The summed E-state index contributed by atoms with van der Waals surface area (Å²) >= 11 is 0. The van der Waals surface area contributed by atoms with E-state index in [2.05, 4.69) is 42.6 Å². The van der Waals surface area contributed by atoms with Crippen LogP contribution in [-0.4, -0.2) is 40.4 Å². The lowest BCUT2D eigenvalue weighted by atomic mass is 9.81. The van der Waals surface area contributed by atoms with Crippen molar-refractivity contribution in [2.75, 3.05) is 6.54 Å². The molecule has 0 spiro atoms. The summed E-state index contributed by atoms with van der Waals surface area (Å²) in [6.45, 7) is 9.15. The van der Waals surface area contributed by atoms with E-state index < -0.39 is 23.8 Å². The Bertz CT molecular complexity index is 1100. The van der Waals surface area contributed by atoms with Gasteiger partial charge in [-0.1, -0.05) is 75.2 Å². The highest BCUT2D eigenvalue weighted by atomic mass is 16.5. The normalized spacial score (nSPS) is 17.6. The van der Waals surface area contributed by atoms with Gasteiger partial charge in [-0.2, -0.15) is 0 Å². The van der Waals surface area contributed by atoms with E-state index in [0.29, 0.717) is 38.8 Å². The second kappa shape index (κ2) is 14.1. The Balaban J connectivity index is 1.76. The molecule has 7 nitrogen and oxygen atoms in total. The summed E-state index contributed by atoms with van der Waals surface area (Å²) in [6.07, 6.45) is 3.97. The number of amides is 3. The zero-order valence-electron chi connectivity index (χ0n) is 23.2. The molecule has 1 heterocycles. The number of hydrogen-bond acceptors (Lipinski definition) is 4. The molecule has 2 aromatic rings. The lowest BCUT2D eigenvalue weighted by Crippen LogP contribution is -2.51. The van der Waals surface area contributed by atoms with Gasteiger partial charge < -0.3 is 10.2 Å². The molecule has 0 saturated carbocycles. The molecule has 1 aliphatic heterocycles. The van der Waals surface area contributed by atoms with Crippen LogP contribution < -0.4 is 10.8 Å². The average molecular weight is 522 g/mol. The molecule has 0 radical (unpaired) electrons. The summed E-state index contributed by atoms with van der Waals surface area (Å²) in [4.78, 5) is 41.4. The van der Waals surface area contributed by atoms with Crippen molar-refractivity contribution in [2.45, 2.75) is 78.8 Å². The fourth-order valence-electron chi connectivity index (χ4n) is 5.44. The maximum Gasteiger partial charge on any atom is 0.247 e. The smallest absolute Gasteiger partial charge is 0.247 e. The minimum Gasteiger partial charge on any atom is -0.344 e.